The Bertz CT molecular complexity index is 861. The lowest BCUT2D eigenvalue weighted by molar-refractivity contribution is -0.129. The van der Waals surface area contributed by atoms with E-state index in [0.717, 1.165) is 42.6 Å². The maximum atomic E-state index is 12.7. The van der Waals surface area contributed by atoms with Gasteiger partial charge in [-0.2, -0.15) is 0 Å². The minimum atomic E-state index is -0.827. The molecule has 0 unspecified atom stereocenters. The first-order valence-corrected chi connectivity index (χ1v) is 11.0. The summed E-state index contributed by atoms with van der Waals surface area (Å²) in [7, 11) is 0. The van der Waals surface area contributed by atoms with Gasteiger partial charge in [0.1, 0.15) is 0 Å². The standard InChI is InChI=1S/C22H27N3O3S/c1-14-12-15(2)24-22(23-14)29-13-17-8-4-7-11-19(17)21(27)28-16(3)20(26)25-18-9-5-6-10-18/h4,7-8,11-12,16,18H,5-6,9-10,13H2,1-3H3,(H,25,26)/t16-/m1/s1. The summed E-state index contributed by atoms with van der Waals surface area (Å²) in [5.41, 5.74) is 3.11. The van der Waals surface area contributed by atoms with E-state index in [0.29, 0.717) is 16.5 Å². The van der Waals surface area contributed by atoms with E-state index < -0.39 is 12.1 Å². The summed E-state index contributed by atoms with van der Waals surface area (Å²) in [5.74, 6) is -0.186. The highest BCUT2D eigenvalue weighted by molar-refractivity contribution is 7.98. The number of ether oxygens (including phenoxy) is 1. The molecular weight excluding hydrogens is 386 g/mol. The Labute approximate surface area is 175 Å². The Balaban J connectivity index is 1.62. The smallest absolute Gasteiger partial charge is 0.339 e. The number of esters is 1. The molecule has 29 heavy (non-hydrogen) atoms. The third kappa shape index (κ3) is 6.03. The lowest BCUT2D eigenvalue weighted by atomic mass is 10.1. The molecule has 2 aromatic rings. The monoisotopic (exact) mass is 413 g/mol. The molecular formula is C22H27N3O3S. The minimum Gasteiger partial charge on any atom is -0.449 e. The molecule has 0 spiro atoms. The Kier molecular flexibility index (Phi) is 7.25. The van der Waals surface area contributed by atoms with Crippen LogP contribution in [0.4, 0.5) is 0 Å². The van der Waals surface area contributed by atoms with Gasteiger partial charge in [-0.05, 0) is 51.3 Å². The summed E-state index contributed by atoms with van der Waals surface area (Å²) in [6.07, 6.45) is 3.43. The molecule has 1 aromatic heterocycles. The van der Waals surface area contributed by atoms with Crippen LogP contribution >= 0.6 is 11.8 Å². The van der Waals surface area contributed by atoms with Gasteiger partial charge >= 0.3 is 5.97 Å². The van der Waals surface area contributed by atoms with Crippen LogP contribution in [0, 0.1) is 13.8 Å². The quantitative estimate of drug-likeness (QED) is 0.420. The van der Waals surface area contributed by atoms with Crippen LogP contribution < -0.4 is 5.32 Å². The molecule has 0 aliphatic heterocycles. The van der Waals surface area contributed by atoms with Crippen LogP contribution in [0.15, 0.2) is 35.5 Å². The van der Waals surface area contributed by atoms with E-state index in [9.17, 15) is 9.59 Å². The zero-order chi connectivity index (χ0) is 20.8. The summed E-state index contributed by atoms with van der Waals surface area (Å²) >= 11 is 1.47. The molecule has 1 fully saturated rings. The van der Waals surface area contributed by atoms with Crippen LogP contribution in [-0.2, 0) is 15.3 Å². The molecule has 1 amide bonds. The Hall–Kier alpha value is -2.41. The zero-order valence-electron chi connectivity index (χ0n) is 17.1. The summed E-state index contributed by atoms with van der Waals surface area (Å²) in [6.45, 7) is 5.48. The van der Waals surface area contributed by atoms with Gasteiger partial charge in [-0.15, -0.1) is 0 Å². The van der Waals surface area contributed by atoms with Crippen molar-refractivity contribution in [2.75, 3.05) is 0 Å². The van der Waals surface area contributed by atoms with Crippen molar-refractivity contribution in [3.63, 3.8) is 0 Å². The molecule has 6 nitrogen and oxygen atoms in total. The number of amides is 1. The van der Waals surface area contributed by atoms with Gasteiger partial charge in [0, 0.05) is 23.2 Å². The van der Waals surface area contributed by atoms with Crippen LogP contribution in [0.2, 0.25) is 0 Å². The zero-order valence-corrected chi connectivity index (χ0v) is 17.9. The van der Waals surface area contributed by atoms with Gasteiger partial charge in [-0.3, -0.25) is 4.79 Å². The van der Waals surface area contributed by atoms with Crippen LogP contribution in [-0.4, -0.2) is 34.0 Å². The average Bonchev–Trinajstić information content (AvgIpc) is 3.18. The summed E-state index contributed by atoms with van der Waals surface area (Å²) in [5, 5.41) is 3.65. The van der Waals surface area contributed by atoms with Crippen molar-refractivity contribution in [2.45, 2.75) is 69.5 Å². The number of benzene rings is 1. The van der Waals surface area contributed by atoms with E-state index >= 15 is 0 Å². The predicted molar refractivity (Wildman–Crippen MR) is 113 cm³/mol. The van der Waals surface area contributed by atoms with Crippen LogP contribution in [0.1, 0.15) is 59.9 Å². The summed E-state index contributed by atoms with van der Waals surface area (Å²) < 4.78 is 5.45. The summed E-state index contributed by atoms with van der Waals surface area (Å²) in [4.78, 5) is 33.9. The maximum absolute atomic E-state index is 12.7. The second-order valence-corrected chi connectivity index (χ2v) is 8.36. The highest BCUT2D eigenvalue weighted by atomic mass is 32.2. The topological polar surface area (TPSA) is 81.2 Å². The fraction of sp³-hybridized carbons (Fsp3) is 0.455. The highest BCUT2D eigenvalue weighted by Crippen LogP contribution is 2.23. The summed E-state index contributed by atoms with van der Waals surface area (Å²) in [6, 6.07) is 9.41. The van der Waals surface area contributed by atoms with Crippen LogP contribution in [0.3, 0.4) is 0 Å². The number of hydrogen-bond donors (Lipinski definition) is 1. The molecule has 1 heterocycles. The van der Waals surface area contributed by atoms with Gasteiger partial charge < -0.3 is 10.1 Å². The van der Waals surface area contributed by atoms with E-state index in [2.05, 4.69) is 15.3 Å². The fourth-order valence-corrected chi connectivity index (χ4v) is 4.37. The largest absolute Gasteiger partial charge is 0.449 e. The second-order valence-electron chi connectivity index (χ2n) is 7.42. The Morgan fingerprint density at radius 3 is 2.52 bits per heavy atom. The Morgan fingerprint density at radius 2 is 1.83 bits per heavy atom. The molecule has 154 valence electrons. The predicted octanol–water partition coefficient (Wildman–Crippen LogP) is 3.99. The van der Waals surface area contributed by atoms with Gasteiger partial charge in [0.25, 0.3) is 5.91 Å². The maximum Gasteiger partial charge on any atom is 0.339 e. The van der Waals surface area contributed by atoms with E-state index in [1.807, 2.05) is 32.0 Å². The number of thioether (sulfide) groups is 1. The molecule has 3 rings (SSSR count). The molecule has 7 heteroatoms. The Morgan fingerprint density at radius 1 is 1.17 bits per heavy atom. The first-order valence-electron chi connectivity index (χ1n) is 9.96. The SMILES string of the molecule is Cc1cc(C)nc(SCc2ccccc2C(=O)O[C@H](C)C(=O)NC2CCCC2)n1. The number of carbonyl (C=O) groups is 2. The molecule has 1 aromatic carbocycles. The second kappa shape index (κ2) is 9.87. The van der Waals surface area contributed by atoms with Crippen LogP contribution in [0.25, 0.3) is 0 Å². The number of hydrogen-bond acceptors (Lipinski definition) is 6. The highest BCUT2D eigenvalue weighted by Gasteiger charge is 2.24. The molecule has 1 saturated carbocycles. The third-order valence-electron chi connectivity index (χ3n) is 4.91. The average molecular weight is 414 g/mol. The first kappa shape index (κ1) is 21.3. The lowest BCUT2D eigenvalue weighted by Gasteiger charge is -2.18. The van der Waals surface area contributed by atoms with Crippen molar-refractivity contribution in [2.24, 2.45) is 0 Å². The van der Waals surface area contributed by atoms with Gasteiger partial charge in [-0.1, -0.05) is 42.8 Å². The van der Waals surface area contributed by atoms with Crippen LogP contribution in [0.5, 0.6) is 0 Å². The van der Waals surface area contributed by atoms with Gasteiger partial charge in [0.2, 0.25) is 0 Å². The molecule has 1 N–H and O–H groups in total. The van der Waals surface area contributed by atoms with E-state index in [1.165, 1.54) is 11.8 Å². The minimum absolute atomic E-state index is 0.199. The van der Waals surface area contributed by atoms with Gasteiger partial charge in [-0.25, -0.2) is 14.8 Å². The third-order valence-corrected chi connectivity index (χ3v) is 5.81. The van der Waals surface area contributed by atoms with Gasteiger partial charge in [0.05, 0.1) is 5.56 Å². The molecule has 0 bridgehead atoms. The molecule has 0 radical (unpaired) electrons. The van der Waals surface area contributed by atoms with Crippen molar-refractivity contribution >= 4 is 23.6 Å². The lowest BCUT2D eigenvalue weighted by Crippen LogP contribution is -2.40. The van der Waals surface area contributed by atoms with Crippen molar-refractivity contribution in [3.05, 3.63) is 52.8 Å². The van der Waals surface area contributed by atoms with Crippen molar-refractivity contribution in [1.82, 2.24) is 15.3 Å². The van der Waals surface area contributed by atoms with Crippen molar-refractivity contribution < 1.29 is 14.3 Å². The number of nitrogens with zero attached hydrogens (tertiary/aromatic N) is 2. The number of carbonyl (C=O) groups excluding carboxylic acids is 2. The normalized spacial score (nSPS) is 15.1. The molecule has 0 saturated heterocycles. The number of rotatable bonds is 7. The van der Waals surface area contributed by atoms with Gasteiger partial charge in [0.15, 0.2) is 11.3 Å². The number of aryl methyl sites for hydroxylation is 2. The molecule has 1 aliphatic rings. The van der Waals surface area contributed by atoms with Crippen molar-refractivity contribution in [3.8, 4) is 0 Å². The molecule has 1 atom stereocenters. The first-order chi connectivity index (χ1) is 13.9. The number of nitrogens with one attached hydrogen (secondary N) is 1. The van der Waals surface area contributed by atoms with E-state index in [-0.39, 0.29) is 11.9 Å². The van der Waals surface area contributed by atoms with E-state index in [4.69, 9.17) is 4.74 Å². The molecule has 1 aliphatic carbocycles. The number of aromatic nitrogens is 2. The van der Waals surface area contributed by atoms with E-state index in [1.54, 1.807) is 19.1 Å². The van der Waals surface area contributed by atoms with Crippen molar-refractivity contribution in [1.29, 1.82) is 0 Å². The fourth-order valence-electron chi connectivity index (χ4n) is 3.41.